The molecule has 122 valence electrons. The maximum absolute atomic E-state index is 12.4. The van der Waals surface area contributed by atoms with Crippen LogP contribution in [0.2, 0.25) is 0 Å². The Morgan fingerprint density at radius 2 is 1.96 bits per heavy atom. The lowest BCUT2D eigenvalue weighted by Crippen LogP contribution is -2.50. The largest absolute Gasteiger partial charge is 0.360 e. The van der Waals surface area contributed by atoms with E-state index in [0.717, 1.165) is 30.9 Å². The summed E-state index contributed by atoms with van der Waals surface area (Å²) >= 11 is 0. The zero-order valence-corrected chi connectivity index (χ0v) is 13.5. The van der Waals surface area contributed by atoms with Gasteiger partial charge in [-0.15, -0.1) is 0 Å². The molecule has 2 rings (SSSR count). The van der Waals surface area contributed by atoms with Crippen molar-refractivity contribution in [2.24, 2.45) is 5.73 Å². The number of hydrogen-bond acceptors (Lipinski definition) is 5. The molecule has 0 atom stereocenters. The predicted molar refractivity (Wildman–Crippen MR) is 90.6 cm³/mol. The molecule has 0 radical (unpaired) electrons. The van der Waals surface area contributed by atoms with Gasteiger partial charge in [0.1, 0.15) is 11.6 Å². The summed E-state index contributed by atoms with van der Waals surface area (Å²) < 4.78 is 0. The Labute approximate surface area is 137 Å². The molecule has 6 heteroatoms. The van der Waals surface area contributed by atoms with E-state index in [-0.39, 0.29) is 11.5 Å². The van der Waals surface area contributed by atoms with Gasteiger partial charge in [0.15, 0.2) is 0 Å². The second kappa shape index (κ2) is 8.32. The van der Waals surface area contributed by atoms with Gasteiger partial charge in [-0.2, -0.15) is 5.26 Å². The van der Waals surface area contributed by atoms with Crippen LogP contribution < -0.4 is 11.1 Å². The Morgan fingerprint density at radius 1 is 1.30 bits per heavy atom. The van der Waals surface area contributed by atoms with Crippen LogP contribution in [0.15, 0.2) is 36.0 Å². The number of aryl methyl sites for hydroxylation is 1. The van der Waals surface area contributed by atoms with Crippen LogP contribution >= 0.6 is 0 Å². The van der Waals surface area contributed by atoms with Crippen molar-refractivity contribution in [2.75, 3.05) is 44.6 Å². The summed E-state index contributed by atoms with van der Waals surface area (Å²) in [5.41, 5.74) is 7.68. The molecule has 1 amide bonds. The van der Waals surface area contributed by atoms with Gasteiger partial charge in [-0.1, -0.05) is 17.7 Å². The fraction of sp³-hybridized carbons (Fsp3) is 0.412. The summed E-state index contributed by atoms with van der Waals surface area (Å²) in [5.74, 6) is -0.223. The van der Waals surface area contributed by atoms with E-state index in [1.165, 1.54) is 6.20 Å². The quantitative estimate of drug-likeness (QED) is 0.623. The molecular weight excluding hydrogens is 290 g/mol. The average molecular weight is 313 g/mol. The molecule has 0 saturated carbocycles. The van der Waals surface area contributed by atoms with Crippen molar-refractivity contribution < 1.29 is 4.79 Å². The molecule has 0 aliphatic carbocycles. The molecule has 6 nitrogen and oxygen atoms in total. The normalized spacial score (nSPS) is 16.0. The lowest BCUT2D eigenvalue weighted by Gasteiger charge is -2.34. The Kier molecular flexibility index (Phi) is 6.15. The zero-order chi connectivity index (χ0) is 16.7. The monoisotopic (exact) mass is 313 g/mol. The molecule has 0 spiro atoms. The first kappa shape index (κ1) is 17.0. The maximum Gasteiger partial charge on any atom is 0.266 e. The number of carbonyl (C=O) groups is 1. The number of nitriles is 1. The number of nitrogens with zero attached hydrogens (tertiary/aromatic N) is 3. The topological polar surface area (TPSA) is 85.4 Å². The van der Waals surface area contributed by atoms with Crippen molar-refractivity contribution in [3.63, 3.8) is 0 Å². The lowest BCUT2D eigenvalue weighted by atomic mass is 10.2. The fourth-order valence-electron chi connectivity index (χ4n) is 2.47. The highest BCUT2D eigenvalue weighted by Crippen LogP contribution is 2.11. The maximum atomic E-state index is 12.4. The molecule has 1 aromatic rings. The molecule has 0 bridgehead atoms. The van der Waals surface area contributed by atoms with Gasteiger partial charge < -0.3 is 16.0 Å². The molecule has 1 fully saturated rings. The Hall–Kier alpha value is -2.36. The van der Waals surface area contributed by atoms with E-state index in [4.69, 9.17) is 5.73 Å². The summed E-state index contributed by atoms with van der Waals surface area (Å²) in [7, 11) is 0. The van der Waals surface area contributed by atoms with Gasteiger partial charge in [0.25, 0.3) is 5.91 Å². The van der Waals surface area contributed by atoms with Crippen LogP contribution in [0, 0.1) is 18.3 Å². The van der Waals surface area contributed by atoms with Gasteiger partial charge in [-0.25, -0.2) is 0 Å². The second-order valence-corrected chi connectivity index (χ2v) is 5.60. The van der Waals surface area contributed by atoms with E-state index in [0.29, 0.717) is 19.6 Å². The molecule has 1 aromatic carbocycles. The minimum absolute atomic E-state index is 0.123. The van der Waals surface area contributed by atoms with Crippen LogP contribution in [0.1, 0.15) is 5.56 Å². The average Bonchev–Trinajstić information content (AvgIpc) is 2.58. The lowest BCUT2D eigenvalue weighted by molar-refractivity contribution is -0.128. The van der Waals surface area contributed by atoms with E-state index >= 15 is 0 Å². The van der Waals surface area contributed by atoms with Crippen molar-refractivity contribution in [1.29, 1.82) is 5.26 Å². The third kappa shape index (κ3) is 4.81. The number of anilines is 1. The molecule has 1 aliphatic rings. The van der Waals surface area contributed by atoms with Gasteiger partial charge >= 0.3 is 0 Å². The number of hydrogen-bond donors (Lipinski definition) is 2. The summed E-state index contributed by atoms with van der Waals surface area (Å²) in [6.45, 7) is 6.33. The highest BCUT2D eigenvalue weighted by molar-refractivity contribution is 5.97. The number of nitrogens with one attached hydrogen (secondary N) is 1. The first-order valence-electron chi connectivity index (χ1n) is 7.79. The minimum Gasteiger partial charge on any atom is -0.360 e. The summed E-state index contributed by atoms with van der Waals surface area (Å²) in [6, 6.07) is 9.76. The van der Waals surface area contributed by atoms with Crippen LogP contribution in [0.3, 0.4) is 0 Å². The number of rotatable bonds is 5. The van der Waals surface area contributed by atoms with Crippen molar-refractivity contribution in [3.8, 4) is 6.07 Å². The SMILES string of the molecule is Cc1ccc(N/C=C(/C#N)C(=O)N2CCN(CCN)CC2)cc1. The molecule has 0 unspecified atom stereocenters. The first-order chi connectivity index (χ1) is 11.1. The molecule has 1 aliphatic heterocycles. The summed E-state index contributed by atoms with van der Waals surface area (Å²) in [4.78, 5) is 16.4. The van der Waals surface area contributed by atoms with E-state index in [1.807, 2.05) is 37.3 Å². The summed E-state index contributed by atoms with van der Waals surface area (Å²) in [5, 5.41) is 12.3. The van der Waals surface area contributed by atoms with Crippen LogP contribution in [0.5, 0.6) is 0 Å². The van der Waals surface area contributed by atoms with Crippen LogP contribution in [0.4, 0.5) is 5.69 Å². The standard InChI is InChI=1S/C17H23N5O/c1-14-2-4-16(5-3-14)20-13-15(12-19)17(23)22-10-8-21(7-6-18)9-11-22/h2-5,13,20H,6-11,18H2,1H3/b15-13-. The third-order valence-corrected chi connectivity index (χ3v) is 3.89. The highest BCUT2D eigenvalue weighted by atomic mass is 16.2. The van der Waals surface area contributed by atoms with E-state index in [2.05, 4.69) is 10.2 Å². The third-order valence-electron chi connectivity index (χ3n) is 3.89. The summed E-state index contributed by atoms with van der Waals surface area (Å²) in [6.07, 6.45) is 1.49. The van der Waals surface area contributed by atoms with Gasteiger partial charge in [-0.05, 0) is 19.1 Å². The number of benzene rings is 1. The molecule has 3 N–H and O–H groups in total. The van der Waals surface area contributed by atoms with Gasteiger partial charge in [-0.3, -0.25) is 9.69 Å². The molecule has 1 heterocycles. The first-order valence-corrected chi connectivity index (χ1v) is 7.79. The number of amides is 1. The molecular formula is C17H23N5O. The van der Waals surface area contributed by atoms with Crippen molar-refractivity contribution in [3.05, 3.63) is 41.6 Å². The Bertz CT molecular complexity index is 594. The predicted octanol–water partition coefficient (Wildman–Crippen LogP) is 0.917. The zero-order valence-electron chi connectivity index (χ0n) is 13.5. The number of nitrogens with two attached hydrogens (primary N) is 1. The Morgan fingerprint density at radius 3 is 2.52 bits per heavy atom. The molecule has 0 aromatic heterocycles. The van der Waals surface area contributed by atoms with Crippen molar-refractivity contribution >= 4 is 11.6 Å². The fourth-order valence-corrected chi connectivity index (χ4v) is 2.47. The van der Waals surface area contributed by atoms with Crippen LogP contribution in [-0.2, 0) is 4.79 Å². The highest BCUT2D eigenvalue weighted by Gasteiger charge is 2.23. The number of carbonyl (C=O) groups excluding carboxylic acids is 1. The van der Waals surface area contributed by atoms with E-state index in [9.17, 15) is 10.1 Å². The van der Waals surface area contributed by atoms with E-state index in [1.54, 1.807) is 4.90 Å². The van der Waals surface area contributed by atoms with Gasteiger partial charge in [0, 0.05) is 51.2 Å². The van der Waals surface area contributed by atoms with Gasteiger partial charge in [0.2, 0.25) is 0 Å². The number of piperazine rings is 1. The molecule has 1 saturated heterocycles. The van der Waals surface area contributed by atoms with Crippen LogP contribution in [0.25, 0.3) is 0 Å². The van der Waals surface area contributed by atoms with Gasteiger partial charge in [0.05, 0.1) is 0 Å². The Balaban J connectivity index is 1.95. The smallest absolute Gasteiger partial charge is 0.266 e. The molecule has 23 heavy (non-hydrogen) atoms. The van der Waals surface area contributed by atoms with Crippen molar-refractivity contribution in [2.45, 2.75) is 6.92 Å². The second-order valence-electron chi connectivity index (χ2n) is 5.60. The van der Waals surface area contributed by atoms with Crippen molar-refractivity contribution in [1.82, 2.24) is 9.80 Å². The minimum atomic E-state index is -0.223. The van der Waals surface area contributed by atoms with E-state index < -0.39 is 0 Å². The van der Waals surface area contributed by atoms with Crippen LogP contribution in [-0.4, -0.2) is 55.0 Å².